The summed E-state index contributed by atoms with van der Waals surface area (Å²) in [5, 5.41) is 11.3. The quantitative estimate of drug-likeness (QED) is 0.183. The van der Waals surface area contributed by atoms with Crippen molar-refractivity contribution in [1.29, 1.82) is 0 Å². The maximum Gasteiger partial charge on any atom is 0.324 e. The summed E-state index contributed by atoms with van der Waals surface area (Å²) in [5.74, 6) is -1.52. The first kappa shape index (κ1) is 25.5. The molecule has 1 atom stereocenters. The van der Waals surface area contributed by atoms with Gasteiger partial charge in [-0.1, -0.05) is 25.7 Å². The van der Waals surface area contributed by atoms with E-state index in [9.17, 15) is 14.4 Å². The number of carboxylic acids is 1. The van der Waals surface area contributed by atoms with Crippen LogP contribution in [-0.2, 0) is 51.5 Å². The van der Waals surface area contributed by atoms with Gasteiger partial charge in [0, 0.05) is 46.7 Å². The summed E-state index contributed by atoms with van der Waals surface area (Å²) >= 11 is 0. The van der Waals surface area contributed by atoms with Crippen LogP contribution in [-0.4, -0.2) is 42.6 Å². The van der Waals surface area contributed by atoms with Crippen LogP contribution in [0, 0.1) is 0 Å². The van der Waals surface area contributed by atoms with E-state index in [-0.39, 0.29) is 39.6 Å². The first-order valence-electron chi connectivity index (χ1n) is 7.91. The van der Waals surface area contributed by atoms with Crippen LogP contribution in [0.4, 0.5) is 0 Å². The average molecular weight is 444 g/mol. The van der Waals surface area contributed by atoms with Gasteiger partial charge in [0.1, 0.15) is 0 Å². The van der Waals surface area contributed by atoms with Crippen molar-refractivity contribution in [3.8, 4) is 0 Å². The second kappa shape index (κ2) is 17.1. The Morgan fingerprint density at radius 3 is 2.25 bits per heavy atom. The van der Waals surface area contributed by atoms with Crippen LogP contribution in [0.3, 0.4) is 0 Å². The van der Waals surface area contributed by atoms with Crippen LogP contribution in [0.2, 0.25) is 0 Å². The first-order valence-corrected chi connectivity index (χ1v) is 7.91. The van der Waals surface area contributed by atoms with E-state index in [1.807, 2.05) is 0 Å². The van der Waals surface area contributed by atoms with Crippen molar-refractivity contribution in [1.82, 2.24) is 5.32 Å². The van der Waals surface area contributed by atoms with Crippen molar-refractivity contribution in [3.05, 3.63) is 5.73 Å². The number of aliphatic carboxylic acids is 1. The molecule has 9 heteroatoms. The summed E-state index contributed by atoms with van der Waals surface area (Å²) in [6, 6.07) is -0.962. The van der Waals surface area contributed by atoms with E-state index in [1.165, 1.54) is 7.11 Å². The molecule has 0 saturated carbocycles. The van der Waals surface area contributed by atoms with Gasteiger partial charge in [-0.05, 0) is 25.3 Å². The number of amides is 1. The zero-order valence-electron chi connectivity index (χ0n) is 14.3. The Labute approximate surface area is 162 Å². The Morgan fingerprint density at radius 2 is 1.67 bits per heavy atom. The van der Waals surface area contributed by atoms with Gasteiger partial charge >= 0.3 is 11.9 Å². The van der Waals surface area contributed by atoms with Crippen LogP contribution in [0.1, 0.15) is 57.8 Å². The molecular formula is C15H27CdN2O6-. The molecular weight excluding hydrogens is 417 g/mol. The monoisotopic (exact) mass is 445 g/mol. The number of hydrogen-bond donors (Lipinski definition) is 2. The second-order valence-corrected chi connectivity index (χ2v) is 5.28. The maximum absolute atomic E-state index is 11.5. The van der Waals surface area contributed by atoms with E-state index in [2.05, 4.69) is 15.1 Å². The van der Waals surface area contributed by atoms with Crippen LogP contribution in [0.15, 0.2) is 0 Å². The Hall–Kier alpha value is -0.748. The number of carboxylic acid groups (broad SMARTS) is 1. The van der Waals surface area contributed by atoms with E-state index in [4.69, 9.17) is 10.8 Å². The number of carbonyl (C=O) groups is 3. The van der Waals surface area contributed by atoms with Crippen molar-refractivity contribution >= 4 is 17.8 Å². The van der Waals surface area contributed by atoms with Gasteiger partial charge in [-0.15, -0.1) is 0 Å². The number of nitrogens with one attached hydrogen (secondary N) is 2. The van der Waals surface area contributed by atoms with Crippen molar-refractivity contribution < 1.29 is 56.6 Å². The van der Waals surface area contributed by atoms with Gasteiger partial charge in [-0.2, -0.15) is 4.89 Å². The molecule has 24 heavy (non-hydrogen) atoms. The molecule has 0 bridgehead atoms. The molecule has 3 N–H and O–H groups in total. The molecule has 0 heterocycles. The molecule has 0 aromatic heterocycles. The molecule has 0 aliphatic heterocycles. The van der Waals surface area contributed by atoms with Crippen LogP contribution in [0.5, 0.6) is 0 Å². The molecule has 0 aromatic carbocycles. The van der Waals surface area contributed by atoms with E-state index in [1.54, 1.807) is 0 Å². The van der Waals surface area contributed by atoms with Gasteiger partial charge in [0.15, 0.2) is 0 Å². The van der Waals surface area contributed by atoms with Crippen LogP contribution < -0.4 is 5.32 Å². The summed E-state index contributed by atoms with van der Waals surface area (Å²) in [5.41, 5.74) is 7.50. The van der Waals surface area contributed by atoms with Crippen LogP contribution >= 0.6 is 0 Å². The second-order valence-electron chi connectivity index (χ2n) is 5.28. The van der Waals surface area contributed by atoms with Gasteiger partial charge in [-0.25, -0.2) is 0 Å². The van der Waals surface area contributed by atoms with Gasteiger partial charge in [-0.3, -0.25) is 14.4 Å². The topological polar surface area (TPSA) is 126 Å². The smallest absolute Gasteiger partial charge is 0.324 e. The molecule has 0 aliphatic carbocycles. The molecule has 1 amide bonds. The number of unbranched alkanes of at least 4 members (excludes halogenated alkanes) is 4. The minimum atomic E-state index is -0.962. The van der Waals surface area contributed by atoms with Gasteiger partial charge in [0.2, 0.25) is 5.91 Å². The van der Waals surface area contributed by atoms with Crippen molar-refractivity contribution in [2.45, 2.75) is 63.8 Å². The van der Waals surface area contributed by atoms with Crippen molar-refractivity contribution in [2.24, 2.45) is 0 Å². The number of rotatable bonds is 14. The third-order valence-corrected chi connectivity index (χ3v) is 3.24. The predicted molar refractivity (Wildman–Crippen MR) is 83.4 cm³/mol. The van der Waals surface area contributed by atoms with Gasteiger partial charge in [0.25, 0.3) is 0 Å². The zero-order chi connectivity index (χ0) is 17.5. The average Bonchev–Trinajstić information content (AvgIpc) is 2.50. The van der Waals surface area contributed by atoms with E-state index in [0.29, 0.717) is 38.6 Å². The summed E-state index contributed by atoms with van der Waals surface area (Å²) in [6.07, 6.45) is 5.39. The van der Waals surface area contributed by atoms with Crippen molar-refractivity contribution in [2.75, 3.05) is 13.7 Å². The zero-order valence-corrected chi connectivity index (χ0v) is 18.4. The molecule has 0 fully saturated rings. The van der Waals surface area contributed by atoms with E-state index < -0.39 is 18.0 Å². The minimum Gasteiger partial charge on any atom is -0.665 e. The number of carbonyl (C=O) groups excluding carboxylic acids is 2. The molecule has 0 rings (SSSR count). The third kappa shape index (κ3) is 16.1. The molecule has 0 aromatic rings. The fraction of sp³-hybridized carbons (Fsp3) is 0.800. The van der Waals surface area contributed by atoms with Crippen molar-refractivity contribution in [3.63, 3.8) is 0 Å². The fourth-order valence-electron chi connectivity index (χ4n) is 1.96. The van der Waals surface area contributed by atoms with Gasteiger partial charge in [0.05, 0.1) is 7.11 Å². The SMILES string of the molecule is COOC(=O)C([NH-])CCCCNC(=O)CCCCCCC(=O)O.[Cd]. The Bertz CT molecular complexity index is 368. The molecule has 0 aliphatic rings. The molecule has 136 valence electrons. The standard InChI is InChI=1S/C15H27N2O6.Cd/c1-22-23-15(21)12(16)8-6-7-11-17-13(18)9-4-2-3-5-10-14(19)20;/h12,16H,2-11H2,1H3,(H,17,18)(H,19,20);/q-1;. The fourth-order valence-corrected chi connectivity index (χ4v) is 1.96. The Kier molecular flexibility index (Phi) is 18.1. The van der Waals surface area contributed by atoms with Crippen LogP contribution in [0.25, 0.3) is 5.73 Å². The predicted octanol–water partition coefficient (Wildman–Crippen LogP) is 2.22. The minimum absolute atomic E-state index is 0. The summed E-state index contributed by atoms with van der Waals surface area (Å²) in [7, 11) is 1.21. The Morgan fingerprint density at radius 1 is 1.04 bits per heavy atom. The normalized spacial score (nSPS) is 11.2. The molecule has 0 saturated heterocycles. The number of hydrogen-bond acceptors (Lipinski definition) is 5. The van der Waals surface area contributed by atoms with Gasteiger partial charge < -0.3 is 21.0 Å². The van der Waals surface area contributed by atoms with E-state index in [0.717, 1.165) is 19.3 Å². The molecule has 1 unspecified atom stereocenters. The summed E-state index contributed by atoms with van der Waals surface area (Å²) < 4.78 is 0. The maximum atomic E-state index is 11.5. The molecule has 0 spiro atoms. The molecule has 0 radical (unpaired) electrons. The largest absolute Gasteiger partial charge is 0.665 e. The first-order chi connectivity index (χ1) is 11.0. The molecule has 8 nitrogen and oxygen atoms in total. The summed E-state index contributed by atoms with van der Waals surface area (Å²) in [6.45, 7) is 0.518. The summed E-state index contributed by atoms with van der Waals surface area (Å²) in [4.78, 5) is 41.4. The third-order valence-electron chi connectivity index (χ3n) is 3.24. The van der Waals surface area contributed by atoms with E-state index >= 15 is 0 Å². The Balaban J connectivity index is 0.